The predicted molar refractivity (Wildman–Crippen MR) is 110 cm³/mol. The van der Waals surface area contributed by atoms with Crippen molar-refractivity contribution in [3.63, 3.8) is 0 Å². The number of amides is 1. The molecule has 3 aliphatic heterocycles. The Morgan fingerprint density at radius 1 is 1.17 bits per heavy atom. The molecule has 1 aliphatic carbocycles. The van der Waals surface area contributed by atoms with Crippen molar-refractivity contribution in [3.05, 3.63) is 24.4 Å². The van der Waals surface area contributed by atoms with Crippen molar-refractivity contribution < 1.29 is 9.18 Å². The summed E-state index contributed by atoms with van der Waals surface area (Å²) in [5.41, 5.74) is 0. The SMILES string of the molecule is O=C1NC2CC(CN3CCN(c4ccccn4)CC3)CC(F)C2C2NCCCC12. The van der Waals surface area contributed by atoms with Gasteiger partial charge in [-0.3, -0.25) is 9.69 Å². The second-order valence-electron chi connectivity index (χ2n) is 9.25. The minimum absolute atomic E-state index is 0.0158. The number of fused-ring (bicyclic) bond motifs is 3. The zero-order valence-electron chi connectivity index (χ0n) is 17.0. The van der Waals surface area contributed by atoms with Crippen LogP contribution >= 0.6 is 0 Å². The van der Waals surface area contributed by atoms with E-state index in [9.17, 15) is 4.79 Å². The van der Waals surface area contributed by atoms with Gasteiger partial charge in [0.05, 0.1) is 5.92 Å². The van der Waals surface area contributed by atoms with Crippen LogP contribution in [0, 0.1) is 17.8 Å². The van der Waals surface area contributed by atoms with E-state index in [4.69, 9.17) is 0 Å². The van der Waals surface area contributed by atoms with Crippen LogP contribution in [0.5, 0.6) is 0 Å². The lowest BCUT2D eigenvalue weighted by molar-refractivity contribution is -0.135. The molecule has 0 radical (unpaired) electrons. The predicted octanol–water partition coefficient (Wildman–Crippen LogP) is 1.43. The number of nitrogens with zero attached hydrogens (tertiary/aromatic N) is 3. The van der Waals surface area contributed by atoms with Crippen molar-refractivity contribution in [2.75, 3.05) is 44.2 Å². The van der Waals surface area contributed by atoms with Crippen LogP contribution in [0.4, 0.5) is 10.2 Å². The van der Waals surface area contributed by atoms with Gasteiger partial charge in [-0.1, -0.05) is 6.07 Å². The molecule has 7 heteroatoms. The van der Waals surface area contributed by atoms with Gasteiger partial charge in [-0.25, -0.2) is 9.37 Å². The number of piperidine rings is 2. The Bertz CT molecular complexity index is 710. The molecule has 1 saturated carbocycles. The third kappa shape index (κ3) is 3.87. The number of piperazine rings is 1. The summed E-state index contributed by atoms with van der Waals surface area (Å²) >= 11 is 0. The van der Waals surface area contributed by atoms with Gasteiger partial charge in [0.1, 0.15) is 12.0 Å². The summed E-state index contributed by atoms with van der Waals surface area (Å²) in [4.78, 5) is 21.8. The van der Waals surface area contributed by atoms with Crippen LogP contribution in [0.25, 0.3) is 0 Å². The lowest BCUT2D eigenvalue weighted by Crippen LogP contribution is -2.67. The molecule has 2 N–H and O–H groups in total. The van der Waals surface area contributed by atoms with E-state index in [2.05, 4.69) is 31.5 Å². The molecule has 1 aromatic heterocycles. The van der Waals surface area contributed by atoms with Crippen LogP contribution in [0.15, 0.2) is 24.4 Å². The first-order valence-corrected chi connectivity index (χ1v) is 11.2. The third-order valence-corrected chi connectivity index (χ3v) is 7.47. The largest absolute Gasteiger partial charge is 0.354 e. The van der Waals surface area contributed by atoms with Gasteiger partial charge in [0.2, 0.25) is 5.91 Å². The summed E-state index contributed by atoms with van der Waals surface area (Å²) in [6.45, 7) is 5.72. The number of carbonyl (C=O) groups is 1. The molecule has 6 unspecified atom stereocenters. The standard InChI is InChI=1S/C22H32FN5O/c23-17-12-15(13-18-20(17)21-16(22(29)26-18)4-3-7-25-21)14-27-8-10-28(11-9-27)19-5-1-2-6-24-19/h1-2,5-6,15-18,20-21,25H,3-4,7-14H2,(H,26,29). The number of nitrogens with one attached hydrogen (secondary N) is 2. The van der Waals surface area contributed by atoms with Crippen LogP contribution in [0.1, 0.15) is 25.7 Å². The monoisotopic (exact) mass is 401 g/mol. The van der Waals surface area contributed by atoms with Gasteiger partial charge < -0.3 is 15.5 Å². The lowest BCUT2D eigenvalue weighted by atomic mass is 9.66. The maximum Gasteiger partial charge on any atom is 0.224 e. The Morgan fingerprint density at radius 3 is 2.83 bits per heavy atom. The third-order valence-electron chi connectivity index (χ3n) is 7.47. The minimum atomic E-state index is -0.827. The topological polar surface area (TPSA) is 60.5 Å². The Morgan fingerprint density at radius 2 is 2.03 bits per heavy atom. The van der Waals surface area contributed by atoms with Crippen molar-refractivity contribution >= 4 is 11.7 Å². The summed E-state index contributed by atoms with van der Waals surface area (Å²) in [6, 6.07) is 6.04. The maximum absolute atomic E-state index is 15.3. The number of aromatic nitrogens is 1. The van der Waals surface area contributed by atoms with Gasteiger partial charge in [-0.2, -0.15) is 0 Å². The van der Waals surface area contributed by atoms with E-state index in [0.717, 1.165) is 64.3 Å². The van der Waals surface area contributed by atoms with Crippen molar-refractivity contribution in [2.24, 2.45) is 17.8 Å². The van der Waals surface area contributed by atoms with Gasteiger partial charge in [0.15, 0.2) is 0 Å². The lowest BCUT2D eigenvalue weighted by Gasteiger charge is -2.51. The Hall–Kier alpha value is -1.73. The van der Waals surface area contributed by atoms with E-state index in [0.29, 0.717) is 12.3 Å². The van der Waals surface area contributed by atoms with Crippen LogP contribution in [0.3, 0.4) is 0 Å². The quantitative estimate of drug-likeness (QED) is 0.803. The minimum Gasteiger partial charge on any atom is -0.354 e. The maximum atomic E-state index is 15.3. The Labute approximate surface area is 172 Å². The van der Waals surface area contributed by atoms with Crippen molar-refractivity contribution in [3.8, 4) is 0 Å². The Kier molecular flexibility index (Phi) is 5.43. The highest BCUT2D eigenvalue weighted by Gasteiger charge is 2.51. The molecule has 6 atom stereocenters. The van der Waals surface area contributed by atoms with Crippen molar-refractivity contribution in [2.45, 2.75) is 43.9 Å². The number of halogens is 1. The average Bonchev–Trinajstić information content (AvgIpc) is 2.75. The molecule has 158 valence electrons. The highest BCUT2D eigenvalue weighted by Crippen LogP contribution is 2.40. The summed E-state index contributed by atoms with van der Waals surface area (Å²) in [6.07, 6.45) is 4.45. The highest BCUT2D eigenvalue weighted by atomic mass is 19.1. The van der Waals surface area contributed by atoms with E-state index >= 15 is 4.39 Å². The van der Waals surface area contributed by atoms with Crippen molar-refractivity contribution in [1.29, 1.82) is 0 Å². The van der Waals surface area contributed by atoms with E-state index in [1.54, 1.807) is 0 Å². The van der Waals surface area contributed by atoms with Crippen LogP contribution < -0.4 is 15.5 Å². The second-order valence-corrected chi connectivity index (χ2v) is 9.25. The second kappa shape index (κ2) is 8.19. The molecule has 1 aromatic rings. The number of rotatable bonds is 3. The molecule has 1 amide bonds. The van der Waals surface area contributed by atoms with Gasteiger partial charge in [0, 0.05) is 56.9 Å². The molecule has 4 fully saturated rings. The van der Waals surface area contributed by atoms with E-state index in [1.165, 1.54) is 0 Å². The molecule has 29 heavy (non-hydrogen) atoms. The molecular weight excluding hydrogens is 369 g/mol. The molecular formula is C22H32FN5O. The molecule has 3 saturated heterocycles. The molecule has 4 heterocycles. The fourth-order valence-corrected chi connectivity index (χ4v) is 6.09. The summed E-state index contributed by atoms with van der Waals surface area (Å²) < 4.78 is 15.3. The number of pyridine rings is 1. The van der Waals surface area contributed by atoms with E-state index < -0.39 is 6.17 Å². The van der Waals surface area contributed by atoms with E-state index in [-0.39, 0.29) is 29.8 Å². The van der Waals surface area contributed by atoms with Gasteiger partial charge >= 0.3 is 0 Å². The number of carbonyl (C=O) groups excluding carboxylic acids is 1. The molecule has 0 bridgehead atoms. The van der Waals surface area contributed by atoms with Gasteiger partial charge in [0.25, 0.3) is 0 Å². The first-order valence-electron chi connectivity index (χ1n) is 11.2. The molecule has 0 aromatic carbocycles. The van der Waals surface area contributed by atoms with Crippen LogP contribution in [-0.2, 0) is 4.79 Å². The fraction of sp³-hybridized carbons (Fsp3) is 0.727. The molecule has 0 spiro atoms. The summed E-state index contributed by atoms with van der Waals surface area (Å²) in [5.74, 6) is 1.39. The van der Waals surface area contributed by atoms with Gasteiger partial charge in [-0.15, -0.1) is 0 Å². The Balaban J connectivity index is 1.17. The molecule has 4 aliphatic rings. The van der Waals surface area contributed by atoms with Crippen LogP contribution in [0.2, 0.25) is 0 Å². The van der Waals surface area contributed by atoms with Crippen LogP contribution in [-0.4, -0.2) is 73.3 Å². The normalized spacial score (nSPS) is 38.1. The smallest absolute Gasteiger partial charge is 0.224 e. The van der Waals surface area contributed by atoms with Gasteiger partial charge in [-0.05, 0) is 50.3 Å². The fourth-order valence-electron chi connectivity index (χ4n) is 6.09. The van der Waals surface area contributed by atoms with E-state index in [1.807, 2.05) is 18.3 Å². The highest BCUT2D eigenvalue weighted by molar-refractivity contribution is 5.81. The zero-order chi connectivity index (χ0) is 19.8. The molecule has 5 rings (SSSR count). The first kappa shape index (κ1) is 19.2. The number of alkyl halides is 1. The summed E-state index contributed by atoms with van der Waals surface area (Å²) in [7, 11) is 0. The number of hydrogen-bond acceptors (Lipinski definition) is 5. The average molecular weight is 402 g/mol. The first-order chi connectivity index (χ1) is 14.2. The zero-order valence-corrected chi connectivity index (χ0v) is 17.0. The molecule has 6 nitrogen and oxygen atoms in total. The number of hydrogen-bond donors (Lipinski definition) is 2. The number of anilines is 1. The summed E-state index contributed by atoms with van der Waals surface area (Å²) in [5, 5.41) is 6.66. The van der Waals surface area contributed by atoms with Crippen molar-refractivity contribution in [1.82, 2.24) is 20.5 Å².